The van der Waals surface area contributed by atoms with Crippen LogP contribution in [0.25, 0.3) is 0 Å². The van der Waals surface area contributed by atoms with E-state index in [4.69, 9.17) is 4.74 Å². The zero-order valence-corrected chi connectivity index (χ0v) is 8.36. The molecule has 0 aliphatic heterocycles. The molecule has 78 valence electrons. The molecule has 0 spiro atoms. The van der Waals surface area contributed by atoms with E-state index in [0.29, 0.717) is 35.2 Å². The maximum Gasteiger partial charge on any atom is 0.492 e. The van der Waals surface area contributed by atoms with Gasteiger partial charge in [0.05, 0.1) is 7.11 Å². The molecule has 0 saturated carbocycles. The SMILES string of the molecule is COc1ccc2c(c1B(O)O)CCC2=O. The molecule has 0 unspecified atom stereocenters. The van der Waals surface area contributed by atoms with Crippen LogP contribution in [-0.2, 0) is 6.42 Å². The van der Waals surface area contributed by atoms with Gasteiger partial charge in [0, 0.05) is 17.4 Å². The summed E-state index contributed by atoms with van der Waals surface area (Å²) in [7, 11) is -0.134. The van der Waals surface area contributed by atoms with E-state index in [1.807, 2.05) is 0 Å². The standard InChI is InChI=1S/C10H11BO4/c1-15-9-5-3-6-7(2-4-8(6)12)10(9)11(13)14/h3,5,13-14H,2,4H2,1H3. The fourth-order valence-corrected chi connectivity index (χ4v) is 2.01. The Kier molecular flexibility index (Phi) is 2.50. The highest BCUT2D eigenvalue weighted by atomic mass is 16.5. The van der Waals surface area contributed by atoms with Crippen molar-refractivity contribution in [1.82, 2.24) is 0 Å². The van der Waals surface area contributed by atoms with Gasteiger partial charge in [-0.1, -0.05) is 0 Å². The fraction of sp³-hybridized carbons (Fsp3) is 0.300. The van der Waals surface area contributed by atoms with Crippen molar-refractivity contribution in [3.8, 4) is 5.75 Å². The predicted octanol–water partition coefficient (Wildman–Crippen LogP) is -0.496. The molecule has 0 aromatic heterocycles. The second-order valence-electron chi connectivity index (χ2n) is 3.50. The molecule has 0 bridgehead atoms. The van der Waals surface area contributed by atoms with Gasteiger partial charge in [-0.15, -0.1) is 0 Å². The van der Waals surface area contributed by atoms with Crippen LogP contribution >= 0.6 is 0 Å². The maximum absolute atomic E-state index is 11.4. The first-order valence-corrected chi connectivity index (χ1v) is 4.74. The van der Waals surface area contributed by atoms with Crippen LogP contribution in [0, 0.1) is 0 Å². The van der Waals surface area contributed by atoms with Gasteiger partial charge >= 0.3 is 7.12 Å². The molecule has 0 fully saturated rings. The van der Waals surface area contributed by atoms with Crippen molar-refractivity contribution < 1.29 is 19.6 Å². The van der Waals surface area contributed by atoms with Crippen molar-refractivity contribution in [2.24, 2.45) is 0 Å². The summed E-state index contributed by atoms with van der Waals surface area (Å²) in [6.07, 6.45) is 0.987. The van der Waals surface area contributed by atoms with Crippen LogP contribution in [0.15, 0.2) is 12.1 Å². The lowest BCUT2D eigenvalue weighted by Gasteiger charge is -2.11. The number of carbonyl (C=O) groups is 1. The zero-order valence-electron chi connectivity index (χ0n) is 8.36. The molecule has 1 aliphatic rings. The summed E-state index contributed by atoms with van der Waals surface area (Å²) in [6.45, 7) is 0. The average molecular weight is 206 g/mol. The molecule has 1 aromatic rings. The minimum atomic E-state index is -1.60. The summed E-state index contributed by atoms with van der Waals surface area (Å²) in [5, 5.41) is 18.5. The van der Waals surface area contributed by atoms with Crippen molar-refractivity contribution in [2.75, 3.05) is 7.11 Å². The molecule has 5 heteroatoms. The van der Waals surface area contributed by atoms with Gasteiger partial charge in [-0.2, -0.15) is 0 Å². The lowest BCUT2D eigenvalue weighted by molar-refractivity contribution is 0.0994. The van der Waals surface area contributed by atoms with E-state index >= 15 is 0 Å². The Morgan fingerprint density at radius 2 is 2.07 bits per heavy atom. The Hall–Kier alpha value is -1.33. The van der Waals surface area contributed by atoms with Gasteiger partial charge in [-0.3, -0.25) is 4.79 Å². The Labute approximate surface area is 87.6 Å². The summed E-state index contributed by atoms with van der Waals surface area (Å²) in [6, 6.07) is 3.27. The summed E-state index contributed by atoms with van der Waals surface area (Å²) in [5.41, 5.74) is 1.61. The first-order valence-electron chi connectivity index (χ1n) is 4.74. The number of Topliss-reactive ketones (excluding diaryl/α,β-unsaturated/α-hetero) is 1. The molecule has 1 aliphatic carbocycles. The average Bonchev–Trinajstić information content (AvgIpc) is 2.58. The number of hydrogen-bond acceptors (Lipinski definition) is 4. The van der Waals surface area contributed by atoms with Gasteiger partial charge in [0.2, 0.25) is 0 Å². The predicted molar refractivity (Wildman–Crippen MR) is 55.5 cm³/mol. The topological polar surface area (TPSA) is 66.8 Å². The first-order chi connectivity index (χ1) is 7.15. The number of fused-ring (bicyclic) bond motifs is 1. The number of ketones is 1. The molecule has 0 atom stereocenters. The van der Waals surface area contributed by atoms with E-state index in [1.54, 1.807) is 12.1 Å². The van der Waals surface area contributed by atoms with Gasteiger partial charge in [0.15, 0.2) is 5.78 Å². The van der Waals surface area contributed by atoms with Crippen molar-refractivity contribution in [1.29, 1.82) is 0 Å². The lowest BCUT2D eigenvalue weighted by Crippen LogP contribution is -2.34. The fourth-order valence-electron chi connectivity index (χ4n) is 2.01. The molecule has 0 radical (unpaired) electrons. The Morgan fingerprint density at radius 1 is 1.33 bits per heavy atom. The summed E-state index contributed by atoms with van der Waals surface area (Å²) >= 11 is 0. The van der Waals surface area contributed by atoms with Crippen LogP contribution in [-0.4, -0.2) is 30.1 Å². The summed E-state index contributed by atoms with van der Waals surface area (Å²) < 4.78 is 5.04. The second-order valence-corrected chi connectivity index (χ2v) is 3.50. The molecule has 2 rings (SSSR count). The Morgan fingerprint density at radius 3 is 2.67 bits per heavy atom. The van der Waals surface area contributed by atoms with Crippen LogP contribution < -0.4 is 10.2 Å². The van der Waals surface area contributed by atoms with E-state index in [1.165, 1.54) is 7.11 Å². The van der Waals surface area contributed by atoms with Crippen LogP contribution in [0.1, 0.15) is 22.3 Å². The van der Waals surface area contributed by atoms with E-state index in [2.05, 4.69) is 0 Å². The Bertz CT molecular complexity index is 414. The first kappa shape index (κ1) is 10.2. The molecule has 2 N–H and O–H groups in total. The molecule has 0 amide bonds. The molecule has 15 heavy (non-hydrogen) atoms. The molecular weight excluding hydrogens is 195 g/mol. The highest BCUT2D eigenvalue weighted by molar-refractivity contribution is 6.60. The van der Waals surface area contributed by atoms with E-state index in [-0.39, 0.29) is 5.78 Å². The third kappa shape index (κ3) is 1.54. The van der Waals surface area contributed by atoms with Crippen molar-refractivity contribution in [3.63, 3.8) is 0 Å². The van der Waals surface area contributed by atoms with Crippen molar-refractivity contribution in [3.05, 3.63) is 23.3 Å². The number of rotatable bonds is 2. The molecular formula is C10H11BO4. The largest absolute Gasteiger partial charge is 0.497 e. The highest BCUT2D eigenvalue weighted by Gasteiger charge is 2.29. The van der Waals surface area contributed by atoms with Gasteiger partial charge in [-0.25, -0.2) is 0 Å². The maximum atomic E-state index is 11.4. The van der Waals surface area contributed by atoms with Crippen LogP contribution in [0.5, 0.6) is 5.75 Å². The Balaban J connectivity index is 2.63. The molecule has 4 nitrogen and oxygen atoms in total. The number of hydrogen-bond donors (Lipinski definition) is 2. The van der Waals surface area contributed by atoms with Crippen molar-refractivity contribution >= 4 is 18.4 Å². The van der Waals surface area contributed by atoms with Gasteiger partial charge in [0.1, 0.15) is 5.75 Å². The zero-order chi connectivity index (χ0) is 11.0. The lowest BCUT2D eigenvalue weighted by atomic mass is 9.75. The van der Waals surface area contributed by atoms with E-state index in [9.17, 15) is 14.8 Å². The summed E-state index contributed by atoms with van der Waals surface area (Å²) in [5.74, 6) is 0.466. The smallest absolute Gasteiger partial charge is 0.492 e. The minimum absolute atomic E-state index is 0.0505. The van der Waals surface area contributed by atoms with E-state index < -0.39 is 7.12 Å². The second kappa shape index (κ2) is 3.68. The molecule has 0 heterocycles. The monoisotopic (exact) mass is 206 g/mol. The highest BCUT2D eigenvalue weighted by Crippen LogP contribution is 2.24. The number of carbonyl (C=O) groups excluding carboxylic acids is 1. The third-order valence-corrected chi connectivity index (χ3v) is 2.70. The van der Waals surface area contributed by atoms with Crippen LogP contribution in [0.4, 0.5) is 0 Å². The van der Waals surface area contributed by atoms with Gasteiger partial charge in [0.25, 0.3) is 0 Å². The quantitative estimate of drug-likeness (QED) is 0.640. The molecule has 1 aromatic carbocycles. The number of ether oxygens (including phenoxy) is 1. The normalized spacial score (nSPS) is 13.9. The summed E-state index contributed by atoms with van der Waals surface area (Å²) in [4.78, 5) is 11.4. The van der Waals surface area contributed by atoms with Crippen molar-refractivity contribution in [2.45, 2.75) is 12.8 Å². The van der Waals surface area contributed by atoms with Gasteiger partial charge < -0.3 is 14.8 Å². The van der Waals surface area contributed by atoms with Crippen LogP contribution in [0.2, 0.25) is 0 Å². The van der Waals surface area contributed by atoms with Crippen LogP contribution in [0.3, 0.4) is 0 Å². The minimum Gasteiger partial charge on any atom is -0.497 e. The molecule has 0 saturated heterocycles. The van der Waals surface area contributed by atoms with E-state index in [0.717, 1.165) is 0 Å². The van der Waals surface area contributed by atoms with Gasteiger partial charge in [-0.05, 0) is 24.1 Å². The third-order valence-electron chi connectivity index (χ3n) is 2.70. The number of benzene rings is 1. The number of methoxy groups -OCH3 is 1.